The average Bonchev–Trinajstić information content (AvgIpc) is 2.82. The highest BCUT2D eigenvalue weighted by Gasteiger charge is 2.43. The molecule has 0 bridgehead atoms. The smallest absolute Gasteiger partial charge is 0.00900 e. The molecular formula is C16H28. The summed E-state index contributed by atoms with van der Waals surface area (Å²) in [6.45, 7) is 2.29. The lowest BCUT2D eigenvalue weighted by Crippen LogP contribution is -2.16. The van der Waals surface area contributed by atoms with Crippen molar-refractivity contribution < 1.29 is 0 Å². The number of rotatable bonds is 6. The third-order valence-electron chi connectivity index (χ3n) is 4.88. The van der Waals surface area contributed by atoms with Gasteiger partial charge in [-0.2, -0.15) is 0 Å². The Morgan fingerprint density at radius 2 is 1.81 bits per heavy atom. The Kier molecular flexibility index (Phi) is 4.49. The Morgan fingerprint density at radius 3 is 2.50 bits per heavy atom. The normalized spacial score (nSPS) is 33.7. The van der Waals surface area contributed by atoms with Crippen LogP contribution in [0.3, 0.4) is 0 Å². The maximum absolute atomic E-state index is 2.63. The summed E-state index contributed by atoms with van der Waals surface area (Å²) < 4.78 is 0. The summed E-state index contributed by atoms with van der Waals surface area (Å²) in [4.78, 5) is 0. The Balaban J connectivity index is 1.73. The van der Waals surface area contributed by atoms with Gasteiger partial charge in [0, 0.05) is 0 Å². The van der Waals surface area contributed by atoms with E-state index in [0.717, 1.165) is 5.92 Å². The summed E-state index contributed by atoms with van der Waals surface area (Å²) in [5, 5.41) is 0. The van der Waals surface area contributed by atoms with Gasteiger partial charge in [0.05, 0.1) is 0 Å². The second-order valence-electron chi connectivity index (χ2n) is 5.97. The topological polar surface area (TPSA) is 0 Å². The van der Waals surface area contributed by atoms with Gasteiger partial charge in [0.2, 0.25) is 0 Å². The molecule has 2 aliphatic carbocycles. The monoisotopic (exact) mass is 220 g/mol. The highest BCUT2D eigenvalue weighted by atomic mass is 14.5. The zero-order chi connectivity index (χ0) is 11.3. The number of unbranched alkanes of at least 4 members (excludes halogenated alkanes) is 4. The summed E-state index contributed by atoms with van der Waals surface area (Å²) in [7, 11) is 0. The van der Waals surface area contributed by atoms with Crippen molar-refractivity contribution in [1.29, 1.82) is 0 Å². The van der Waals surface area contributed by atoms with E-state index in [1.807, 2.05) is 0 Å². The van der Waals surface area contributed by atoms with Gasteiger partial charge in [0.25, 0.3) is 0 Å². The van der Waals surface area contributed by atoms with E-state index in [-0.39, 0.29) is 0 Å². The molecule has 0 heteroatoms. The molecule has 0 spiro atoms. The van der Waals surface area contributed by atoms with Gasteiger partial charge in [-0.15, -0.1) is 0 Å². The van der Waals surface area contributed by atoms with Gasteiger partial charge < -0.3 is 0 Å². The molecule has 0 nitrogen and oxygen atoms in total. The van der Waals surface area contributed by atoms with Crippen LogP contribution in [0.15, 0.2) is 12.2 Å². The molecule has 2 aliphatic rings. The van der Waals surface area contributed by atoms with Crippen molar-refractivity contribution in [3.63, 3.8) is 0 Å². The minimum atomic E-state index is 0.671. The molecule has 0 radical (unpaired) electrons. The predicted molar refractivity (Wildman–Crippen MR) is 71.5 cm³/mol. The van der Waals surface area contributed by atoms with E-state index in [2.05, 4.69) is 19.1 Å². The predicted octanol–water partition coefficient (Wildman–Crippen LogP) is 5.48. The molecule has 0 heterocycles. The van der Waals surface area contributed by atoms with Crippen molar-refractivity contribution in [2.75, 3.05) is 0 Å². The van der Waals surface area contributed by atoms with Crippen LogP contribution >= 0.6 is 0 Å². The fraction of sp³-hybridized carbons (Fsp3) is 0.875. The van der Waals surface area contributed by atoms with Crippen molar-refractivity contribution >= 4 is 0 Å². The van der Waals surface area contributed by atoms with Crippen LogP contribution in [0, 0.1) is 11.3 Å². The largest absolute Gasteiger partial charge is 0.0880 e. The van der Waals surface area contributed by atoms with E-state index in [0.29, 0.717) is 5.41 Å². The lowest BCUT2D eigenvalue weighted by molar-refractivity contribution is 0.327. The van der Waals surface area contributed by atoms with E-state index >= 15 is 0 Å². The van der Waals surface area contributed by atoms with Crippen LogP contribution in [-0.4, -0.2) is 0 Å². The van der Waals surface area contributed by atoms with Crippen LogP contribution in [0.25, 0.3) is 0 Å². The SMILES string of the molecule is CCCCCCC=CC12CCCC1CCC2. The Bertz CT molecular complexity index is 216. The molecule has 0 unspecified atom stereocenters. The molecule has 0 aromatic carbocycles. The zero-order valence-corrected chi connectivity index (χ0v) is 11.0. The van der Waals surface area contributed by atoms with Gasteiger partial charge in [-0.05, 0) is 49.9 Å². The second kappa shape index (κ2) is 5.89. The fourth-order valence-corrected chi connectivity index (χ4v) is 3.92. The first kappa shape index (κ1) is 12.2. The quantitative estimate of drug-likeness (QED) is 0.410. The van der Waals surface area contributed by atoms with Gasteiger partial charge in [-0.3, -0.25) is 0 Å². The lowest BCUT2D eigenvalue weighted by Gasteiger charge is -2.25. The van der Waals surface area contributed by atoms with Crippen molar-refractivity contribution in [2.45, 2.75) is 77.6 Å². The number of hydrogen-bond donors (Lipinski definition) is 0. The molecule has 0 aromatic heterocycles. The molecule has 2 fully saturated rings. The van der Waals surface area contributed by atoms with E-state index in [1.54, 1.807) is 0 Å². The lowest BCUT2D eigenvalue weighted by atomic mass is 9.80. The van der Waals surface area contributed by atoms with Gasteiger partial charge in [0.15, 0.2) is 0 Å². The molecule has 0 amide bonds. The van der Waals surface area contributed by atoms with E-state index < -0.39 is 0 Å². The molecule has 0 N–H and O–H groups in total. The summed E-state index contributed by atoms with van der Waals surface area (Å²) >= 11 is 0. The second-order valence-corrected chi connectivity index (χ2v) is 5.97. The van der Waals surface area contributed by atoms with Crippen LogP contribution < -0.4 is 0 Å². The highest BCUT2D eigenvalue weighted by Crippen LogP contribution is 2.55. The fourth-order valence-electron chi connectivity index (χ4n) is 3.92. The van der Waals surface area contributed by atoms with E-state index in [4.69, 9.17) is 0 Å². The molecular weight excluding hydrogens is 192 g/mol. The van der Waals surface area contributed by atoms with Crippen LogP contribution in [0.4, 0.5) is 0 Å². The third kappa shape index (κ3) is 2.70. The van der Waals surface area contributed by atoms with Crippen molar-refractivity contribution in [1.82, 2.24) is 0 Å². The maximum atomic E-state index is 2.63. The van der Waals surface area contributed by atoms with Gasteiger partial charge >= 0.3 is 0 Å². The van der Waals surface area contributed by atoms with Gasteiger partial charge in [0.1, 0.15) is 0 Å². The number of allylic oxidation sites excluding steroid dienone is 2. The first-order valence-corrected chi connectivity index (χ1v) is 7.55. The molecule has 2 rings (SSSR count). The zero-order valence-electron chi connectivity index (χ0n) is 11.0. The molecule has 92 valence electrons. The van der Waals surface area contributed by atoms with Crippen molar-refractivity contribution in [2.24, 2.45) is 11.3 Å². The van der Waals surface area contributed by atoms with Crippen LogP contribution in [0.2, 0.25) is 0 Å². The van der Waals surface area contributed by atoms with Gasteiger partial charge in [-0.25, -0.2) is 0 Å². The molecule has 0 aliphatic heterocycles. The maximum Gasteiger partial charge on any atom is -0.00900 e. The minimum Gasteiger partial charge on any atom is -0.0880 e. The third-order valence-corrected chi connectivity index (χ3v) is 4.88. The van der Waals surface area contributed by atoms with Crippen LogP contribution in [0.1, 0.15) is 77.6 Å². The average molecular weight is 220 g/mol. The van der Waals surface area contributed by atoms with Gasteiger partial charge in [-0.1, -0.05) is 51.2 Å². The Morgan fingerprint density at radius 1 is 1.06 bits per heavy atom. The van der Waals surface area contributed by atoms with Crippen LogP contribution in [-0.2, 0) is 0 Å². The minimum absolute atomic E-state index is 0.671. The van der Waals surface area contributed by atoms with Crippen molar-refractivity contribution in [3.05, 3.63) is 12.2 Å². The van der Waals surface area contributed by atoms with E-state index in [9.17, 15) is 0 Å². The number of hydrogen-bond acceptors (Lipinski definition) is 0. The summed E-state index contributed by atoms with van der Waals surface area (Å²) in [6.07, 6.45) is 21.1. The Labute approximate surface area is 102 Å². The van der Waals surface area contributed by atoms with Crippen molar-refractivity contribution in [3.8, 4) is 0 Å². The van der Waals surface area contributed by atoms with Crippen LogP contribution in [0.5, 0.6) is 0 Å². The molecule has 2 saturated carbocycles. The molecule has 0 saturated heterocycles. The van der Waals surface area contributed by atoms with E-state index in [1.165, 1.54) is 70.6 Å². The first-order chi connectivity index (χ1) is 7.87. The molecule has 0 atom stereocenters. The number of fused-ring (bicyclic) bond motifs is 1. The first-order valence-electron chi connectivity index (χ1n) is 7.55. The standard InChI is InChI=1S/C16H28/c1-2-3-4-5-6-7-12-16-13-8-10-15(16)11-9-14-16/h7,12,15H,2-6,8-11,13-14H2,1H3. The highest BCUT2D eigenvalue weighted by molar-refractivity contribution is 5.09. The summed E-state index contributed by atoms with van der Waals surface area (Å²) in [5.41, 5.74) is 0.671. The summed E-state index contributed by atoms with van der Waals surface area (Å²) in [5.74, 6) is 1.05. The Hall–Kier alpha value is -0.260. The molecule has 0 aromatic rings. The molecule has 16 heavy (non-hydrogen) atoms. The summed E-state index contributed by atoms with van der Waals surface area (Å²) in [6, 6.07) is 0.